The van der Waals surface area contributed by atoms with Gasteiger partial charge in [-0.25, -0.2) is 0 Å². The average molecular weight is 1700 g/mol. The highest BCUT2D eigenvalue weighted by Gasteiger charge is 2.05. The monoisotopic (exact) mass is 1700 g/mol. The van der Waals surface area contributed by atoms with Crippen LogP contribution in [0.2, 0.25) is 0 Å². The Kier molecular flexibility index (Phi) is 44.3. The summed E-state index contributed by atoms with van der Waals surface area (Å²) in [4.78, 5) is 0. The van der Waals surface area contributed by atoms with Crippen LogP contribution in [0, 0.1) is 201 Å². The fourth-order valence-electron chi connectivity index (χ4n) is 14.3. The molecule has 0 spiro atoms. The molecule has 0 radical (unpaired) electrons. The van der Waals surface area contributed by atoms with Gasteiger partial charge >= 0.3 is 0 Å². The number of benzene rings is 17. The lowest BCUT2D eigenvalue weighted by Crippen LogP contribution is -1.88. The number of hydrogen-bond acceptors (Lipinski definition) is 0. The first-order chi connectivity index (χ1) is 61.4. The van der Waals surface area contributed by atoms with Gasteiger partial charge in [-0.2, -0.15) is 0 Å². The van der Waals surface area contributed by atoms with E-state index in [4.69, 9.17) is 0 Å². The molecule has 0 saturated heterocycles. The van der Waals surface area contributed by atoms with Crippen molar-refractivity contribution in [1.82, 2.24) is 0 Å². The summed E-state index contributed by atoms with van der Waals surface area (Å²) in [5.41, 5.74) is 48.7. The molecule has 0 heterocycles. The van der Waals surface area contributed by atoms with E-state index in [1.807, 2.05) is 0 Å². The molecular formula is C129H150. The van der Waals surface area contributed by atoms with Gasteiger partial charge in [0.25, 0.3) is 0 Å². The second-order valence-electron chi connectivity index (χ2n) is 35.4. The maximum Gasteiger partial charge on any atom is -0.0152 e. The Balaban J connectivity index is 0.000000218. The molecule has 0 amide bonds. The molecule has 17 aromatic rings. The highest BCUT2D eigenvalue weighted by atomic mass is 14.1. The van der Waals surface area contributed by atoms with E-state index in [0.29, 0.717) is 0 Å². The van der Waals surface area contributed by atoms with E-state index >= 15 is 0 Å². The fourth-order valence-corrected chi connectivity index (χ4v) is 14.3. The van der Waals surface area contributed by atoms with E-state index in [2.05, 4.69) is 560 Å². The third-order valence-corrected chi connectivity index (χ3v) is 23.9. The summed E-state index contributed by atoms with van der Waals surface area (Å²) in [6, 6.07) is 125. The summed E-state index contributed by atoms with van der Waals surface area (Å²) in [5, 5.41) is 5.49. The van der Waals surface area contributed by atoms with Gasteiger partial charge in [-0.05, 0) is 368 Å². The van der Waals surface area contributed by atoms with Gasteiger partial charge < -0.3 is 0 Å². The van der Waals surface area contributed by atoms with Crippen LogP contribution in [0.25, 0.3) is 54.9 Å². The maximum absolute atomic E-state index is 2.26. The topological polar surface area (TPSA) is 0 Å². The van der Waals surface area contributed by atoms with Gasteiger partial charge in [-0.3, -0.25) is 0 Å². The third kappa shape index (κ3) is 36.9. The molecule has 17 rings (SSSR count). The Morgan fingerprint density at radius 1 is 0.132 bits per heavy atom. The van der Waals surface area contributed by atoms with Crippen molar-refractivity contribution in [2.24, 2.45) is 0 Å². The lowest BCUT2D eigenvalue weighted by molar-refractivity contribution is 1.10. The third-order valence-electron chi connectivity index (χ3n) is 23.9. The van der Waals surface area contributed by atoms with Crippen LogP contribution in [-0.2, 0) is 6.42 Å². The largest absolute Gasteiger partial charge is 0.0620 e. The number of fused-ring (bicyclic) bond motifs is 2. The van der Waals surface area contributed by atoms with Crippen LogP contribution in [0.3, 0.4) is 0 Å². The first kappa shape index (κ1) is 105. The van der Waals surface area contributed by atoms with Crippen LogP contribution in [-0.4, -0.2) is 0 Å². The summed E-state index contributed by atoms with van der Waals surface area (Å²) in [6.07, 6.45) is 1.15. The van der Waals surface area contributed by atoms with Gasteiger partial charge in [0, 0.05) is 0 Å². The van der Waals surface area contributed by atoms with Crippen molar-refractivity contribution in [3.8, 4) is 33.4 Å². The summed E-state index contributed by atoms with van der Waals surface area (Å²) in [5.74, 6) is 0. The highest BCUT2D eigenvalue weighted by molar-refractivity contribution is 5.89. The molecule has 0 nitrogen and oxygen atoms in total. The lowest BCUT2D eigenvalue weighted by Gasteiger charge is -2.06. The average Bonchev–Trinajstić information content (AvgIpc) is 0.819. The first-order valence-corrected chi connectivity index (χ1v) is 46.0. The van der Waals surface area contributed by atoms with Crippen molar-refractivity contribution < 1.29 is 0 Å². The number of rotatable bonds is 4. The van der Waals surface area contributed by atoms with E-state index in [9.17, 15) is 0 Å². The Morgan fingerprint density at radius 2 is 0.372 bits per heavy atom. The Labute approximate surface area is 782 Å². The highest BCUT2D eigenvalue weighted by Crippen LogP contribution is 2.27. The molecule has 0 aliphatic rings. The molecular weight excluding hydrogens is 1550 g/mol. The lowest BCUT2D eigenvalue weighted by atomic mass is 10.00. The van der Waals surface area contributed by atoms with Crippen LogP contribution in [0.5, 0.6) is 0 Å². The Hall–Kier alpha value is -12.7. The van der Waals surface area contributed by atoms with Crippen molar-refractivity contribution in [3.63, 3.8) is 0 Å². The SMILES string of the molecule is CCc1cc(C)ccc1C.Cc1cc(C)c(C)cc1C.Cc1ccc(-c2ccc(C)cc2)cc1.Cc1ccc(-c2cccc(C)c2)cc1.Cc1ccc(-c2ccccc2C)cc1.Cc1ccc(C)c(C)c1.Cc1ccc(C)c(C)c1C.Cc1ccc(C)c2ccccc12.Cc1ccc(C)cc1.Cc1cccc(C)c1.Cc1cccc2c(C)cccc12.Cc1ccccc1C. The van der Waals surface area contributed by atoms with Crippen LogP contribution in [0.15, 0.2) is 352 Å². The first-order valence-electron chi connectivity index (χ1n) is 46.0. The smallest absolute Gasteiger partial charge is 0.0152 e. The second-order valence-corrected chi connectivity index (χ2v) is 35.4. The molecule has 0 aromatic heterocycles. The van der Waals surface area contributed by atoms with E-state index in [0.717, 1.165) is 6.42 Å². The van der Waals surface area contributed by atoms with Gasteiger partial charge in [0.1, 0.15) is 0 Å². The fraction of sp³-hybridized carbons (Fsp3) is 0.240. The summed E-state index contributed by atoms with van der Waals surface area (Å²) in [7, 11) is 0. The van der Waals surface area contributed by atoms with Gasteiger partial charge in [-0.15, -0.1) is 0 Å². The van der Waals surface area contributed by atoms with E-state index in [-0.39, 0.29) is 0 Å². The zero-order chi connectivity index (χ0) is 94.8. The van der Waals surface area contributed by atoms with E-state index in [1.54, 1.807) is 0 Å². The van der Waals surface area contributed by atoms with Crippen LogP contribution < -0.4 is 0 Å². The standard InChI is InChI=1S/3C14H14.2C12H12.3C10H14.C9H12.3C8H10/c1-11-3-7-13(8-4-11)14-9-5-12(2)6-10-14;1-11-6-8-13(9-7-11)14-5-3-4-12(2)10-14;1-11-7-9-13(10-8-11)14-6-4-3-5-12(14)2;1-9-5-3-8-12-10(2)6-4-7-11(9)12;1-9-7-8-10(2)12-6-4-3-5-11(9)12;1-7-5-9(3)10(4)6-8(7)2;1-7-5-6-8(2)10(4)9(7)3;1-4-10-7-8(2)5-6-9(10)3;1-7-4-5-8(2)9(3)6-7;1-7-3-5-8(2)6-4-7;1-7-4-3-5-8(2)6-7;1-7-5-3-4-6-8(7)2/h3*3-10H,1-2H3;2*3-8H,1-2H3;2*5-6H,1-4H3;5-7H,4H2,1-3H3;4-6H,1-3H3;3*3-6H,1-2H3. The molecule has 0 atom stereocenters. The summed E-state index contributed by atoms with van der Waals surface area (Å²) < 4.78 is 0. The van der Waals surface area contributed by atoms with Crippen molar-refractivity contribution >= 4 is 21.5 Å². The zero-order valence-electron chi connectivity index (χ0n) is 84.2. The molecule has 0 unspecified atom stereocenters. The van der Waals surface area contributed by atoms with E-state index in [1.165, 1.54) is 222 Å². The number of hydrogen-bond donors (Lipinski definition) is 0. The maximum atomic E-state index is 2.26. The van der Waals surface area contributed by atoms with Crippen molar-refractivity contribution in [2.45, 2.75) is 214 Å². The molecule has 666 valence electrons. The van der Waals surface area contributed by atoms with Crippen molar-refractivity contribution in [1.29, 1.82) is 0 Å². The van der Waals surface area contributed by atoms with Gasteiger partial charge in [0.15, 0.2) is 0 Å². The minimum Gasteiger partial charge on any atom is -0.0620 e. The van der Waals surface area contributed by atoms with Crippen molar-refractivity contribution in [3.05, 3.63) is 519 Å². The normalized spacial score (nSPS) is 9.97. The van der Waals surface area contributed by atoms with Crippen LogP contribution in [0.4, 0.5) is 0 Å². The molecule has 129 heavy (non-hydrogen) atoms. The van der Waals surface area contributed by atoms with Gasteiger partial charge in [-0.1, -0.05) is 420 Å². The Bertz CT molecular complexity index is 5940. The molecule has 0 heteroatoms. The van der Waals surface area contributed by atoms with Crippen LogP contribution in [0.1, 0.15) is 174 Å². The molecule has 17 aromatic carbocycles. The summed E-state index contributed by atoms with van der Waals surface area (Å²) >= 11 is 0. The van der Waals surface area contributed by atoms with Gasteiger partial charge in [0.2, 0.25) is 0 Å². The van der Waals surface area contributed by atoms with Crippen molar-refractivity contribution in [2.75, 3.05) is 0 Å². The predicted molar refractivity (Wildman–Crippen MR) is 575 cm³/mol. The predicted octanol–water partition coefficient (Wildman–Crippen LogP) is 37.1. The second kappa shape index (κ2) is 54.4. The minimum atomic E-state index is 1.15. The zero-order valence-corrected chi connectivity index (χ0v) is 84.2. The molecule has 0 bridgehead atoms. The molecule has 0 fully saturated rings. The number of aryl methyl sites for hydroxylation is 28. The molecule has 0 N–H and O–H groups in total. The van der Waals surface area contributed by atoms with E-state index < -0.39 is 0 Å². The minimum absolute atomic E-state index is 1.15. The van der Waals surface area contributed by atoms with Crippen LogP contribution >= 0.6 is 0 Å². The molecule has 0 aliphatic heterocycles. The summed E-state index contributed by atoms with van der Waals surface area (Å²) in [6.45, 7) is 64.1. The molecule has 0 saturated carbocycles. The molecule has 0 aliphatic carbocycles. The Morgan fingerprint density at radius 3 is 0.698 bits per heavy atom. The quantitative estimate of drug-likeness (QED) is 0.165. The van der Waals surface area contributed by atoms with Gasteiger partial charge in [0.05, 0.1) is 0 Å².